The van der Waals surface area contributed by atoms with Gasteiger partial charge in [0.15, 0.2) is 5.76 Å². The van der Waals surface area contributed by atoms with Crippen molar-refractivity contribution in [3.63, 3.8) is 0 Å². The molecule has 0 fully saturated rings. The van der Waals surface area contributed by atoms with E-state index in [-0.39, 0.29) is 5.97 Å². The van der Waals surface area contributed by atoms with Gasteiger partial charge >= 0.3 is 5.97 Å². The summed E-state index contributed by atoms with van der Waals surface area (Å²) in [5.74, 6) is 1.06. The molecule has 23 heavy (non-hydrogen) atoms. The first kappa shape index (κ1) is 14.8. The summed E-state index contributed by atoms with van der Waals surface area (Å²) in [7, 11) is 0. The number of hydrogen-bond acceptors (Lipinski definition) is 7. The zero-order valence-electron chi connectivity index (χ0n) is 12.5. The van der Waals surface area contributed by atoms with Crippen LogP contribution in [0.2, 0.25) is 0 Å². The van der Waals surface area contributed by atoms with Crippen LogP contribution in [0.3, 0.4) is 0 Å². The standard InChI is InChI=1S/C16H15N3O4/c1-2-21-16(20)11-5-7-12(8-6-11)17-10-14-18-15(19-23-14)13-4-3-9-22-13/h3-9,17H,2,10H2,1H3. The van der Waals surface area contributed by atoms with Crippen LogP contribution in [0.15, 0.2) is 51.6 Å². The number of carbonyl (C=O) groups excluding carboxylic acids is 1. The largest absolute Gasteiger partial charge is 0.462 e. The average Bonchev–Trinajstić information content (AvgIpc) is 3.25. The number of ether oxygens (including phenoxy) is 1. The number of nitrogens with one attached hydrogen (secondary N) is 1. The molecule has 7 heteroatoms. The maximum atomic E-state index is 11.6. The molecule has 0 saturated carbocycles. The molecule has 0 atom stereocenters. The number of furan rings is 1. The van der Waals surface area contributed by atoms with Crippen molar-refractivity contribution in [3.8, 4) is 11.6 Å². The molecule has 0 bridgehead atoms. The van der Waals surface area contributed by atoms with E-state index in [0.717, 1.165) is 5.69 Å². The molecule has 3 aromatic rings. The second-order valence-electron chi connectivity index (χ2n) is 4.64. The molecule has 1 N–H and O–H groups in total. The van der Waals surface area contributed by atoms with Gasteiger partial charge in [-0.1, -0.05) is 5.16 Å². The summed E-state index contributed by atoms with van der Waals surface area (Å²) in [5, 5.41) is 6.99. The van der Waals surface area contributed by atoms with E-state index in [9.17, 15) is 4.79 Å². The summed E-state index contributed by atoms with van der Waals surface area (Å²) in [6, 6.07) is 10.5. The Labute approximate surface area is 132 Å². The lowest BCUT2D eigenvalue weighted by atomic mass is 10.2. The number of carbonyl (C=O) groups is 1. The highest BCUT2D eigenvalue weighted by Crippen LogP contribution is 2.17. The minimum absolute atomic E-state index is 0.334. The van der Waals surface area contributed by atoms with Gasteiger partial charge in [0.05, 0.1) is 25.0 Å². The van der Waals surface area contributed by atoms with Crippen molar-refractivity contribution in [2.75, 3.05) is 11.9 Å². The Morgan fingerprint density at radius 1 is 1.26 bits per heavy atom. The Kier molecular flexibility index (Phi) is 4.37. The second-order valence-corrected chi connectivity index (χ2v) is 4.64. The smallest absolute Gasteiger partial charge is 0.338 e. The monoisotopic (exact) mass is 313 g/mol. The van der Waals surface area contributed by atoms with Gasteiger partial charge in [-0.3, -0.25) is 0 Å². The minimum atomic E-state index is -0.334. The van der Waals surface area contributed by atoms with E-state index >= 15 is 0 Å². The van der Waals surface area contributed by atoms with Crippen LogP contribution < -0.4 is 5.32 Å². The van der Waals surface area contributed by atoms with Crippen LogP contribution in [-0.2, 0) is 11.3 Å². The molecule has 2 heterocycles. The highest BCUT2D eigenvalue weighted by atomic mass is 16.5. The van der Waals surface area contributed by atoms with Crippen LogP contribution in [0.25, 0.3) is 11.6 Å². The predicted molar refractivity (Wildman–Crippen MR) is 81.7 cm³/mol. The molecule has 2 aromatic heterocycles. The maximum Gasteiger partial charge on any atom is 0.338 e. The summed E-state index contributed by atoms with van der Waals surface area (Å²) in [6.45, 7) is 2.50. The summed E-state index contributed by atoms with van der Waals surface area (Å²) >= 11 is 0. The number of esters is 1. The van der Waals surface area contributed by atoms with Crippen LogP contribution >= 0.6 is 0 Å². The molecule has 0 spiro atoms. The molecule has 3 rings (SSSR count). The second kappa shape index (κ2) is 6.78. The molecule has 0 aliphatic carbocycles. The van der Waals surface area contributed by atoms with Crippen LogP contribution in [-0.4, -0.2) is 22.7 Å². The van der Waals surface area contributed by atoms with E-state index < -0.39 is 0 Å². The lowest BCUT2D eigenvalue weighted by Gasteiger charge is -2.05. The lowest BCUT2D eigenvalue weighted by molar-refractivity contribution is 0.0526. The first-order chi connectivity index (χ1) is 11.3. The van der Waals surface area contributed by atoms with Gasteiger partial charge in [-0.2, -0.15) is 4.98 Å². The minimum Gasteiger partial charge on any atom is -0.462 e. The molecule has 7 nitrogen and oxygen atoms in total. The first-order valence-corrected chi connectivity index (χ1v) is 7.14. The third-order valence-electron chi connectivity index (χ3n) is 3.05. The first-order valence-electron chi connectivity index (χ1n) is 7.14. The number of benzene rings is 1. The summed E-state index contributed by atoms with van der Waals surface area (Å²) < 4.78 is 15.3. The van der Waals surface area contributed by atoms with Gasteiger partial charge < -0.3 is 19.0 Å². The van der Waals surface area contributed by atoms with Crippen molar-refractivity contribution < 1.29 is 18.5 Å². The van der Waals surface area contributed by atoms with E-state index in [4.69, 9.17) is 13.7 Å². The number of aromatic nitrogens is 2. The summed E-state index contributed by atoms with van der Waals surface area (Å²) in [5.41, 5.74) is 1.34. The SMILES string of the molecule is CCOC(=O)c1ccc(NCc2nc(-c3ccco3)no2)cc1. The van der Waals surface area contributed by atoms with Gasteiger partial charge in [-0.05, 0) is 43.3 Å². The fourth-order valence-corrected chi connectivity index (χ4v) is 1.95. The number of nitrogens with zero attached hydrogens (tertiary/aromatic N) is 2. The van der Waals surface area contributed by atoms with Crippen LogP contribution in [0.5, 0.6) is 0 Å². The van der Waals surface area contributed by atoms with Gasteiger partial charge in [0.25, 0.3) is 0 Å². The molecule has 0 radical (unpaired) electrons. The number of hydrogen-bond donors (Lipinski definition) is 1. The molecular weight excluding hydrogens is 298 g/mol. The summed E-state index contributed by atoms with van der Waals surface area (Å²) in [4.78, 5) is 15.8. The van der Waals surface area contributed by atoms with Crippen molar-refractivity contribution in [1.29, 1.82) is 0 Å². The average molecular weight is 313 g/mol. The molecule has 0 unspecified atom stereocenters. The van der Waals surface area contributed by atoms with Crippen molar-refractivity contribution >= 4 is 11.7 Å². The molecule has 0 saturated heterocycles. The number of rotatable bonds is 6. The van der Waals surface area contributed by atoms with Crippen LogP contribution in [0.1, 0.15) is 23.2 Å². The maximum absolute atomic E-state index is 11.6. The van der Waals surface area contributed by atoms with E-state index in [0.29, 0.717) is 36.2 Å². The topological polar surface area (TPSA) is 90.4 Å². The van der Waals surface area contributed by atoms with Gasteiger partial charge in [0.1, 0.15) is 0 Å². The highest BCUT2D eigenvalue weighted by Gasteiger charge is 2.11. The molecule has 1 aromatic carbocycles. The zero-order chi connectivity index (χ0) is 16.1. The predicted octanol–water partition coefficient (Wildman–Crippen LogP) is 3.12. The number of anilines is 1. The molecule has 0 amide bonds. The third kappa shape index (κ3) is 3.57. The van der Waals surface area contributed by atoms with Crippen molar-refractivity contribution in [1.82, 2.24) is 10.1 Å². The van der Waals surface area contributed by atoms with E-state index in [1.54, 1.807) is 49.6 Å². The van der Waals surface area contributed by atoms with Crippen molar-refractivity contribution in [2.45, 2.75) is 13.5 Å². The molecule has 0 aliphatic rings. The van der Waals surface area contributed by atoms with Gasteiger partial charge in [0, 0.05) is 5.69 Å². The van der Waals surface area contributed by atoms with Crippen LogP contribution in [0.4, 0.5) is 5.69 Å². The fourth-order valence-electron chi connectivity index (χ4n) is 1.95. The molecule has 0 aliphatic heterocycles. The molecular formula is C16H15N3O4. The lowest BCUT2D eigenvalue weighted by Crippen LogP contribution is -2.05. The Morgan fingerprint density at radius 2 is 2.09 bits per heavy atom. The zero-order valence-corrected chi connectivity index (χ0v) is 12.5. The Hall–Kier alpha value is -3.09. The van der Waals surface area contributed by atoms with E-state index in [2.05, 4.69) is 15.5 Å². The van der Waals surface area contributed by atoms with Gasteiger partial charge in [0.2, 0.25) is 11.7 Å². The fraction of sp³-hybridized carbons (Fsp3) is 0.188. The van der Waals surface area contributed by atoms with Crippen LogP contribution in [0, 0.1) is 0 Å². The Morgan fingerprint density at radius 3 is 2.78 bits per heavy atom. The Bertz CT molecular complexity index is 763. The highest BCUT2D eigenvalue weighted by molar-refractivity contribution is 5.89. The third-order valence-corrected chi connectivity index (χ3v) is 3.05. The van der Waals surface area contributed by atoms with E-state index in [1.165, 1.54) is 0 Å². The summed E-state index contributed by atoms with van der Waals surface area (Å²) in [6.07, 6.45) is 1.55. The van der Waals surface area contributed by atoms with E-state index in [1.807, 2.05) is 0 Å². The van der Waals surface area contributed by atoms with Crippen molar-refractivity contribution in [2.24, 2.45) is 0 Å². The Balaban J connectivity index is 1.59. The normalized spacial score (nSPS) is 10.5. The molecule has 118 valence electrons. The quantitative estimate of drug-likeness (QED) is 0.699. The van der Waals surface area contributed by atoms with Gasteiger partial charge in [-0.25, -0.2) is 4.79 Å². The van der Waals surface area contributed by atoms with Gasteiger partial charge in [-0.15, -0.1) is 0 Å². The van der Waals surface area contributed by atoms with Crippen molar-refractivity contribution in [3.05, 3.63) is 54.1 Å².